The van der Waals surface area contributed by atoms with Gasteiger partial charge < -0.3 is 19.0 Å². The second kappa shape index (κ2) is 7.81. The van der Waals surface area contributed by atoms with Crippen molar-refractivity contribution in [2.45, 2.75) is 20.0 Å². The summed E-state index contributed by atoms with van der Waals surface area (Å²) in [5, 5.41) is 17.5. The lowest BCUT2D eigenvalue weighted by molar-refractivity contribution is 0.0624. The summed E-state index contributed by atoms with van der Waals surface area (Å²) in [6.45, 7) is 4.29. The van der Waals surface area contributed by atoms with Crippen LogP contribution in [-0.4, -0.2) is 34.6 Å². The van der Waals surface area contributed by atoms with Gasteiger partial charge in [-0.05, 0) is 55.3 Å². The molecule has 1 aromatic heterocycles. The predicted octanol–water partition coefficient (Wildman–Crippen LogP) is 3.17. The summed E-state index contributed by atoms with van der Waals surface area (Å²) in [4.78, 5) is 0. The first kappa shape index (κ1) is 17.0. The Hall–Kier alpha value is -2.86. The summed E-state index contributed by atoms with van der Waals surface area (Å²) in [6.07, 6.45) is 0.557. The van der Waals surface area contributed by atoms with Crippen LogP contribution < -0.4 is 9.47 Å². The van der Waals surface area contributed by atoms with Crippen LogP contribution in [0.25, 0.3) is 11.5 Å². The van der Waals surface area contributed by atoms with Gasteiger partial charge in [0.2, 0.25) is 12.3 Å². The van der Waals surface area contributed by atoms with Gasteiger partial charge >= 0.3 is 0 Å². The number of aryl methyl sites for hydroxylation is 2. The quantitative estimate of drug-likeness (QED) is 0.712. The molecule has 3 rings (SSSR count). The third kappa shape index (κ3) is 4.58. The maximum atomic E-state index is 10.1. The molecule has 0 aliphatic rings. The van der Waals surface area contributed by atoms with Crippen LogP contribution in [0.15, 0.2) is 53.3 Å². The van der Waals surface area contributed by atoms with Crippen molar-refractivity contribution in [2.24, 2.45) is 0 Å². The molecule has 1 heterocycles. The summed E-state index contributed by atoms with van der Waals surface area (Å²) >= 11 is 0. The predicted molar refractivity (Wildman–Crippen MR) is 92.6 cm³/mol. The van der Waals surface area contributed by atoms with Crippen LogP contribution in [0.1, 0.15) is 11.1 Å². The summed E-state index contributed by atoms with van der Waals surface area (Å²) in [6, 6.07) is 13.2. The highest BCUT2D eigenvalue weighted by Gasteiger charge is 2.09. The Balaban J connectivity index is 1.49. The van der Waals surface area contributed by atoms with E-state index in [1.54, 1.807) is 12.1 Å². The van der Waals surface area contributed by atoms with Crippen molar-refractivity contribution in [3.8, 4) is 23.0 Å². The van der Waals surface area contributed by atoms with E-state index in [0.717, 1.165) is 22.4 Å². The summed E-state index contributed by atoms with van der Waals surface area (Å²) < 4.78 is 16.4. The largest absolute Gasteiger partial charge is 0.491 e. The second-order valence-corrected chi connectivity index (χ2v) is 5.81. The molecular formula is C19H20N2O4. The molecule has 0 aliphatic heterocycles. The number of aliphatic hydroxyl groups excluding tert-OH is 1. The SMILES string of the molecule is Cc1ccc(C)c(OC[C@H](O)COc2ccc(-c3nnco3)cc2)c1. The Kier molecular flexibility index (Phi) is 5.30. The molecule has 130 valence electrons. The van der Waals surface area contributed by atoms with Gasteiger partial charge in [-0.2, -0.15) is 0 Å². The van der Waals surface area contributed by atoms with E-state index in [-0.39, 0.29) is 13.2 Å². The smallest absolute Gasteiger partial charge is 0.247 e. The van der Waals surface area contributed by atoms with Gasteiger partial charge in [0.15, 0.2) is 0 Å². The number of rotatable bonds is 7. The molecule has 0 radical (unpaired) electrons. The Morgan fingerprint density at radius 2 is 1.80 bits per heavy atom. The lowest BCUT2D eigenvalue weighted by Gasteiger charge is -2.15. The van der Waals surface area contributed by atoms with Crippen molar-refractivity contribution in [2.75, 3.05) is 13.2 Å². The fraction of sp³-hybridized carbons (Fsp3) is 0.263. The van der Waals surface area contributed by atoms with Crippen molar-refractivity contribution in [3.63, 3.8) is 0 Å². The molecule has 25 heavy (non-hydrogen) atoms. The van der Waals surface area contributed by atoms with E-state index in [4.69, 9.17) is 13.9 Å². The third-order valence-corrected chi connectivity index (χ3v) is 3.68. The standard InChI is InChI=1S/C19H20N2O4/c1-13-3-4-14(2)18(9-13)24-11-16(22)10-23-17-7-5-15(6-8-17)19-21-20-12-25-19/h3-9,12,16,22H,10-11H2,1-2H3/t16-/m1/s1. The van der Waals surface area contributed by atoms with Gasteiger partial charge in [-0.1, -0.05) is 12.1 Å². The highest BCUT2D eigenvalue weighted by atomic mass is 16.5. The molecule has 0 saturated heterocycles. The maximum absolute atomic E-state index is 10.1. The van der Waals surface area contributed by atoms with Gasteiger partial charge in [0.25, 0.3) is 0 Å². The number of hydrogen-bond acceptors (Lipinski definition) is 6. The third-order valence-electron chi connectivity index (χ3n) is 3.68. The minimum atomic E-state index is -0.726. The molecule has 2 aromatic carbocycles. The van der Waals surface area contributed by atoms with Crippen molar-refractivity contribution in [1.82, 2.24) is 10.2 Å². The fourth-order valence-electron chi connectivity index (χ4n) is 2.28. The second-order valence-electron chi connectivity index (χ2n) is 5.81. The van der Waals surface area contributed by atoms with E-state index in [2.05, 4.69) is 10.2 Å². The Bertz CT molecular complexity index is 801. The number of ether oxygens (including phenoxy) is 2. The van der Waals surface area contributed by atoms with Gasteiger partial charge in [-0.15, -0.1) is 10.2 Å². The lowest BCUT2D eigenvalue weighted by atomic mass is 10.1. The fourth-order valence-corrected chi connectivity index (χ4v) is 2.28. The Morgan fingerprint density at radius 1 is 1.04 bits per heavy atom. The van der Waals surface area contributed by atoms with Gasteiger partial charge in [0, 0.05) is 5.56 Å². The Labute approximate surface area is 146 Å². The van der Waals surface area contributed by atoms with Gasteiger partial charge in [-0.3, -0.25) is 0 Å². The van der Waals surface area contributed by atoms with Gasteiger partial charge in [0.1, 0.15) is 30.8 Å². The maximum Gasteiger partial charge on any atom is 0.247 e. The monoisotopic (exact) mass is 340 g/mol. The number of hydrogen-bond donors (Lipinski definition) is 1. The molecule has 0 amide bonds. The average molecular weight is 340 g/mol. The first-order valence-corrected chi connectivity index (χ1v) is 7.99. The van der Waals surface area contributed by atoms with E-state index in [9.17, 15) is 5.11 Å². The molecule has 0 fully saturated rings. The van der Waals surface area contributed by atoms with E-state index in [0.29, 0.717) is 11.6 Å². The zero-order valence-corrected chi connectivity index (χ0v) is 14.2. The first-order valence-electron chi connectivity index (χ1n) is 7.99. The van der Waals surface area contributed by atoms with Crippen molar-refractivity contribution in [3.05, 3.63) is 60.0 Å². The van der Waals surface area contributed by atoms with Crippen molar-refractivity contribution >= 4 is 0 Å². The topological polar surface area (TPSA) is 77.6 Å². The van der Waals surface area contributed by atoms with Crippen molar-refractivity contribution < 1.29 is 19.0 Å². The first-order chi connectivity index (χ1) is 12.1. The van der Waals surface area contributed by atoms with Crippen LogP contribution in [-0.2, 0) is 0 Å². The highest BCUT2D eigenvalue weighted by molar-refractivity contribution is 5.53. The van der Waals surface area contributed by atoms with Crippen LogP contribution in [0, 0.1) is 13.8 Å². The minimum absolute atomic E-state index is 0.144. The lowest BCUT2D eigenvalue weighted by Crippen LogP contribution is -2.25. The van der Waals surface area contributed by atoms with Crippen LogP contribution in [0.2, 0.25) is 0 Å². The van der Waals surface area contributed by atoms with E-state index >= 15 is 0 Å². The van der Waals surface area contributed by atoms with Crippen LogP contribution in [0.5, 0.6) is 11.5 Å². The molecule has 0 unspecified atom stereocenters. The minimum Gasteiger partial charge on any atom is -0.491 e. The molecule has 1 N–H and O–H groups in total. The Morgan fingerprint density at radius 3 is 2.52 bits per heavy atom. The van der Waals surface area contributed by atoms with E-state index < -0.39 is 6.10 Å². The van der Waals surface area contributed by atoms with Crippen LogP contribution in [0.3, 0.4) is 0 Å². The number of aliphatic hydroxyl groups is 1. The van der Waals surface area contributed by atoms with Crippen LogP contribution >= 0.6 is 0 Å². The molecule has 0 spiro atoms. The molecule has 1 atom stereocenters. The molecule has 0 saturated carbocycles. The molecule has 6 nitrogen and oxygen atoms in total. The van der Waals surface area contributed by atoms with E-state index in [1.165, 1.54) is 6.39 Å². The van der Waals surface area contributed by atoms with Gasteiger partial charge in [0.05, 0.1) is 0 Å². The average Bonchev–Trinajstić information content (AvgIpc) is 3.16. The molecule has 0 bridgehead atoms. The zero-order chi connectivity index (χ0) is 17.6. The summed E-state index contributed by atoms with van der Waals surface area (Å²) in [5.74, 6) is 1.88. The molecule has 3 aromatic rings. The number of aromatic nitrogens is 2. The summed E-state index contributed by atoms with van der Waals surface area (Å²) in [7, 11) is 0. The van der Waals surface area contributed by atoms with Crippen molar-refractivity contribution in [1.29, 1.82) is 0 Å². The molecule has 0 aliphatic carbocycles. The summed E-state index contributed by atoms with van der Waals surface area (Å²) in [5.41, 5.74) is 2.96. The molecular weight excluding hydrogens is 320 g/mol. The number of benzene rings is 2. The van der Waals surface area contributed by atoms with Gasteiger partial charge in [-0.25, -0.2) is 0 Å². The van der Waals surface area contributed by atoms with Crippen LogP contribution in [0.4, 0.5) is 0 Å². The zero-order valence-electron chi connectivity index (χ0n) is 14.2. The number of nitrogens with zero attached hydrogens (tertiary/aromatic N) is 2. The molecule has 6 heteroatoms. The highest BCUT2D eigenvalue weighted by Crippen LogP contribution is 2.21. The normalized spacial score (nSPS) is 12.0. The van der Waals surface area contributed by atoms with E-state index in [1.807, 2.05) is 44.2 Å².